The maximum Gasteiger partial charge on any atom is 0.181 e. The van der Waals surface area contributed by atoms with E-state index in [0.29, 0.717) is 13.2 Å². The number of benzene rings is 1. The summed E-state index contributed by atoms with van der Waals surface area (Å²) < 4.78 is 24.6. The largest absolute Gasteiger partial charge is 0.346 e. The van der Waals surface area contributed by atoms with Gasteiger partial charge in [-0.25, -0.2) is 4.39 Å². The Bertz CT molecular complexity index is 463. The highest BCUT2D eigenvalue weighted by atomic mass is 35.5. The number of hydrogen-bond donors (Lipinski definition) is 0. The predicted octanol–water partition coefficient (Wildman–Crippen LogP) is 2.82. The fourth-order valence-corrected chi connectivity index (χ4v) is 3.04. The van der Waals surface area contributed by atoms with Crippen LogP contribution in [0.15, 0.2) is 18.2 Å². The molecule has 3 nitrogen and oxygen atoms in total. The van der Waals surface area contributed by atoms with Crippen molar-refractivity contribution in [1.82, 2.24) is 4.90 Å². The molecule has 1 aromatic carbocycles. The van der Waals surface area contributed by atoms with E-state index in [1.165, 1.54) is 6.07 Å². The Morgan fingerprint density at radius 2 is 2.11 bits per heavy atom. The van der Waals surface area contributed by atoms with Crippen molar-refractivity contribution >= 4 is 11.6 Å². The van der Waals surface area contributed by atoms with E-state index >= 15 is 0 Å². The van der Waals surface area contributed by atoms with Gasteiger partial charge in [0, 0.05) is 13.0 Å². The molecule has 3 rings (SSSR count). The van der Waals surface area contributed by atoms with Crippen molar-refractivity contribution in [3.05, 3.63) is 34.6 Å². The fraction of sp³-hybridized carbons (Fsp3) is 0.571. The zero-order valence-corrected chi connectivity index (χ0v) is 11.5. The van der Waals surface area contributed by atoms with E-state index < -0.39 is 5.79 Å². The molecule has 2 saturated heterocycles. The molecule has 0 radical (unpaired) electrons. The second-order valence-electron chi connectivity index (χ2n) is 5.17. The highest BCUT2D eigenvalue weighted by Gasteiger charge is 2.40. The third-order valence-electron chi connectivity index (χ3n) is 3.70. The molecule has 0 N–H and O–H groups in total. The van der Waals surface area contributed by atoms with Crippen molar-refractivity contribution in [1.29, 1.82) is 0 Å². The van der Waals surface area contributed by atoms with Gasteiger partial charge in [0.2, 0.25) is 0 Å². The highest BCUT2D eigenvalue weighted by molar-refractivity contribution is 6.30. The Hall–Kier alpha value is -0.680. The highest BCUT2D eigenvalue weighted by Crippen LogP contribution is 2.31. The van der Waals surface area contributed by atoms with E-state index in [1.54, 1.807) is 12.1 Å². The molecule has 0 amide bonds. The molecule has 5 heteroatoms. The second-order valence-corrected chi connectivity index (χ2v) is 5.58. The first-order valence-electron chi connectivity index (χ1n) is 6.61. The molecule has 0 aliphatic carbocycles. The van der Waals surface area contributed by atoms with Crippen LogP contribution < -0.4 is 0 Å². The van der Waals surface area contributed by atoms with Crippen LogP contribution in [-0.2, 0) is 16.0 Å². The van der Waals surface area contributed by atoms with Crippen LogP contribution >= 0.6 is 11.6 Å². The summed E-state index contributed by atoms with van der Waals surface area (Å²) >= 11 is 5.81. The van der Waals surface area contributed by atoms with Crippen LogP contribution in [0, 0.1) is 5.82 Å². The number of piperidine rings is 1. The Morgan fingerprint density at radius 1 is 1.32 bits per heavy atom. The van der Waals surface area contributed by atoms with Gasteiger partial charge in [0.05, 0.1) is 24.8 Å². The zero-order chi connectivity index (χ0) is 13.3. The number of nitrogens with zero attached hydrogens (tertiary/aromatic N) is 1. The van der Waals surface area contributed by atoms with Crippen LogP contribution in [0.2, 0.25) is 5.02 Å². The van der Waals surface area contributed by atoms with Gasteiger partial charge in [0.15, 0.2) is 5.79 Å². The number of ether oxygens (including phenoxy) is 2. The van der Waals surface area contributed by atoms with E-state index in [-0.39, 0.29) is 10.8 Å². The average molecular weight is 286 g/mol. The molecule has 1 spiro atoms. The van der Waals surface area contributed by atoms with Gasteiger partial charge >= 0.3 is 0 Å². The average Bonchev–Trinajstić information content (AvgIpc) is 2.82. The lowest BCUT2D eigenvalue weighted by Crippen LogP contribution is -2.48. The summed E-state index contributed by atoms with van der Waals surface area (Å²) in [6.07, 6.45) is 2.00. The second kappa shape index (κ2) is 5.37. The maximum atomic E-state index is 13.1. The lowest BCUT2D eigenvalue weighted by Gasteiger charge is -2.38. The maximum absolute atomic E-state index is 13.1. The molecule has 2 aliphatic heterocycles. The van der Waals surface area contributed by atoms with E-state index in [0.717, 1.165) is 38.0 Å². The van der Waals surface area contributed by atoms with Gasteiger partial charge in [-0.2, -0.15) is 0 Å². The molecule has 2 heterocycles. The molecule has 2 aliphatic rings. The Morgan fingerprint density at radius 3 is 2.84 bits per heavy atom. The summed E-state index contributed by atoms with van der Waals surface area (Å²) in [7, 11) is 0. The lowest BCUT2D eigenvalue weighted by molar-refractivity contribution is -0.190. The molecule has 0 bridgehead atoms. The number of halogens is 2. The molecule has 19 heavy (non-hydrogen) atoms. The first-order valence-corrected chi connectivity index (χ1v) is 6.99. The number of rotatable bonds is 2. The Kier molecular flexibility index (Phi) is 3.76. The van der Waals surface area contributed by atoms with Crippen LogP contribution in [0.1, 0.15) is 18.4 Å². The monoisotopic (exact) mass is 285 g/mol. The van der Waals surface area contributed by atoms with Crippen molar-refractivity contribution in [2.75, 3.05) is 26.3 Å². The Balaban J connectivity index is 1.67. The Labute approximate surface area is 117 Å². The van der Waals surface area contributed by atoms with Crippen molar-refractivity contribution in [3.63, 3.8) is 0 Å². The summed E-state index contributed by atoms with van der Waals surface area (Å²) in [5, 5.41) is 0.178. The molecular formula is C14H17ClFNO2. The van der Waals surface area contributed by atoms with Crippen molar-refractivity contribution in [3.8, 4) is 0 Å². The first kappa shape index (κ1) is 13.3. The summed E-state index contributed by atoms with van der Waals surface area (Å²) in [5.74, 6) is -0.787. The SMILES string of the molecule is Fc1ccc(CN2CCCC3(C2)OCCO3)cc1Cl. The fourth-order valence-electron chi connectivity index (χ4n) is 2.83. The summed E-state index contributed by atoms with van der Waals surface area (Å²) in [6, 6.07) is 4.88. The van der Waals surface area contributed by atoms with E-state index in [2.05, 4.69) is 4.90 Å². The topological polar surface area (TPSA) is 21.7 Å². The van der Waals surface area contributed by atoms with Crippen molar-refractivity contribution in [2.24, 2.45) is 0 Å². The van der Waals surface area contributed by atoms with Crippen LogP contribution in [0.3, 0.4) is 0 Å². The summed E-state index contributed by atoms with van der Waals surface area (Å²) in [6.45, 7) is 3.87. The van der Waals surface area contributed by atoms with Crippen LogP contribution in [0.4, 0.5) is 4.39 Å². The normalized spacial score (nSPS) is 23.1. The molecule has 0 atom stereocenters. The lowest BCUT2D eigenvalue weighted by atomic mass is 10.0. The summed E-state index contributed by atoms with van der Waals surface area (Å²) in [4.78, 5) is 2.28. The van der Waals surface area contributed by atoms with Crippen LogP contribution in [-0.4, -0.2) is 37.0 Å². The number of hydrogen-bond acceptors (Lipinski definition) is 3. The standard InChI is InChI=1S/C14H17ClFNO2/c15-12-8-11(2-3-13(12)16)9-17-5-1-4-14(10-17)18-6-7-19-14/h2-3,8H,1,4-7,9-10H2. The molecule has 1 aromatic rings. The van der Waals surface area contributed by atoms with Gasteiger partial charge in [-0.05, 0) is 30.7 Å². The smallest absolute Gasteiger partial charge is 0.181 e. The van der Waals surface area contributed by atoms with Gasteiger partial charge in [-0.15, -0.1) is 0 Å². The van der Waals surface area contributed by atoms with Crippen LogP contribution in [0.5, 0.6) is 0 Å². The molecule has 0 aromatic heterocycles. The minimum atomic E-state index is -0.415. The van der Waals surface area contributed by atoms with Gasteiger partial charge in [0.1, 0.15) is 5.82 Å². The zero-order valence-electron chi connectivity index (χ0n) is 10.7. The van der Waals surface area contributed by atoms with Gasteiger partial charge in [-0.3, -0.25) is 4.90 Å². The predicted molar refractivity (Wildman–Crippen MR) is 70.6 cm³/mol. The van der Waals surface area contributed by atoms with Crippen molar-refractivity contribution in [2.45, 2.75) is 25.2 Å². The minimum Gasteiger partial charge on any atom is -0.346 e. The van der Waals surface area contributed by atoms with Crippen molar-refractivity contribution < 1.29 is 13.9 Å². The quantitative estimate of drug-likeness (QED) is 0.834. The van der Waals surface area contributed by atoms with Crippen LogP contribution in [0.25, 0.3) is 0 Å². The van der Waals surface area contributed by atoms with Gasteiger partial charge < -0.3 is 9.47 Å². The third-order valence-corrected chi connectivity index (χ3v) is 3.99. The third kappa shape index (κ3) is 2.92. The molecule has 0 saturated carbocycles. The number of likely N-dealkylation sites (tertiary alicyclic amines) is 1. The van der Waals surface area contributed by atoms with E-state index in [4.69, 9.17) is 21.1 Å². The van der Waals surface area contributed by atoms with Gasteiger partial charge in [0.25, 0.3) is 0 Å². The molecule has 0 unspecified atom stereocenters. The van der Waals surface area contributed by atoms with E-state index in [1.807, 2.05) is 0 Å². The first-order chi connectivity index (χ1) is 9.17. The molecule has 104 valence electrons. The molecule has 2 fully saturated rings. The minimum absolute atomic E-state index is 0.178. The van der Waals surface area contributed by atoms with E-state index in [9.17, 15) is 4.39 Å². The van der Waals surface area contributed by atoms with Gasteiger partial charge in [-0.1, -0.05) is 17.7 Å². The summed E-state index contributed by atoms with van der Waals surface area (Å²) in [5.41, 5.74) is 1.02. The molecular weight excluding hydrogens is 269 g/mol.